The molecule has 3 nitrogen and oxygen atoms in total. The molecule has 1 saturated carbocycles. The summed E-state index contributed by atoms with van der Waals surface area (Å²) in [6.45, 7) is 9.77. The monoisotopic (exact) mass is 440 g/mol. The van der Waals surface area contributed by atoms with Crippen molar-refractivity contribution in [3.8, 4) is 0 Å². The third-order valence-corrected chi connectivity index (χ3v) is 6.72. The van der Waals surface area contributed by atoms with Crippen LogP contribution in [0.1, 0.15) is 83.3 Å². The molecule has 0 radical (unpaired) electrons. The van der Waals surface area contributed by atoms with Crippen molar-refractivity contribution in [2.45, 2.75) is 90.9 Å². The Balaban J connectivity index is 2.02. The smallest absolute Gasteiger partial charge is 0.336 e. The van der Waals surface area contributed by atoms with Gasteiger partial charge in [0.25, 0.3) is 0 Å². The second-order valence-corrected chi connectivity index (χ2v) is 8.92. The van der Waals surface area contributed by atoms with Gasteiger partial charge in [0, 0.05) is 19.0 Å². The Morgan fingerprint density at radius 3 is 2.26 bits per heavy atom. The second-order valence-electron chi connectivity index (χ2n) is 8.92. The number of hydrogen-bond acceptors (Lipinski definition) is 2. The Morgan fingerprint density at radius 2 is 1.71 bits per heavy atom. The summed E-state index contributed by atoms with van der Waals surface area (Å²) in [6.07, 6.45) is 3.96. The van der Waals surface area contributed by atoms with Gasteiger partial charge in [0.15, 0.2) is 0 Å². The van der Waals surface area contributed by atoms with Crippen LogP contribution in [0.2, 0.25) is 0 Å². The average molecular weight is 441 g/mol. The van der Waals surface area contributed by atoms with E-state index in [1.54, 1.807) is 0 Å². The van der Waals surface area contributed by atoms with Crippen LogP contribution in [0.25, 0.3) is 0 Å². The molecule has 1 fully saturated rings. The topological polar surface area (TPSA) is 23.6 Å². The van der Waals surface area contributed by atoms with Crippen LogP contribution in [-0.2, 0) is 17.5 Å². The lowest BCUT2D eigenvalue weighted by atomic mass is 10.0. The molecule has 31 heavy (non-hydrogen) atoms. The Kier molecular flexibility index (Phi) is 10.3. The van der Waals surface area contributed by atoms with Crippen molar-refractivity contribution in [2.24, 2.45) is 5.92 Å². The van der Waals surface area contributed by atoms with E-state index >= 15 is 0 Å². The van der Waals surface area contributed by atoms with Crippen molar-refractivity contribution in [2.75, 3.05) is 19.6 Å². The fraction of sp³-hybridized carbons (Fsp3) is 0.720. The largest absolute Gasteiger partial charge is 0.416 e. The molecule has 1 aliphatic carbocycles. The quantitative estimate of drug-likeness (QED) is 0.370. The average Bonchev–Trinajstić information content (AvgIpc) is 3.26. The molecule has 0 bridgehead atoms. The van der Waals surface area contributed by atoms with Crippen molar-refractivity contribution < 1.29 is 18.0 Å². The summed E-state index contributed by atoms with van der Waals surface area (Å²) in [5, 5.41) is 0. The van der Waals surface area contributed by atoms with Gasteiger partial charge in [-0.3, -0.25) is 4.79 Å². The summed E-state index contributed by atoms with van der Waals surface area (Å²) >= 11 is 0. The molecule has 1 aromatic rings. The zero-order chi connectivity index (χ0) is 22.9. The van der Waals surface area contributed by atoms with E-state index in [4.69, 9.17) is 0 Å². The molecule has 0 spiro atoms. The molecule has 1 aromatic carbocycles. The molecule has 0 heterocycles. The summed E-state index contributed by atoms with van der Waals surface area (Å²) in [4.78, 5) is 17.4. The molecule has 176 valence electrons. The Morgan fingerprint density at radius 1 is 1.10 bits per heavy atom. The zero-order valence-electron chi connectivity index (χ0n) is 19.4. The van der Waals surface area contributed by atoms with Crippen molar-refractivity contribution in [1.29, 1.82) is 0 Å². The number of benzene rings is 1. The van der Waals surface area contributed by atoms with Crippen LogP contribution < -0.4 is 0 Å². The molecular weight excluding hydrogens is 401 g/mol. The van der Waals surface area contributed by atoms with E-state index in [2.05, 4.69) is 25.7 Å². The van der Waals surface area contributed by atoms with Gasteiger partial charge in [-0.25, -0.2) is 0 Å². The number of amides is 1. The highest BCUT2D eigenvalue weighted by Gasteiger charge is 2.30. The fourth-order valence-electron chi connectivity index (χ4n) is 4.56. The van der Waals surface area contributed by atoms with Crippen molar-refractivity contribution in [3.63, 3.8) is 0 Å². The number of rotatable bonds is 12. The highest BCUT2D eigenvalue weighted by molar-refractivity contribution is 5.76. The van der Waals surface area contributed by atoms with Gasteiger partial charge in [-0.15, -0.1) is 0 Å². The lowest BCUT2D eigenvalue weighted by Crippen LogP contribution is -2.38. The summed E-state index contributed by atoms with van der Waals surface area (Å²) < 4.78 is 38.6. The van der Waals surface area contributed by atoms with Crippen LogP contribution >= 0.6 is 0 Å². The molecule has 1 aliphatic rings. The first kappa shape index (κ1) is 25.7. The van der Waals surface area contributed by atoms with E-state index in [1.165, 1.54) is 37.8 Å². The summed E-state index contributed by atoms with van der Waals surface area (Å²) in [7, 11) is 0. The van der Waals surface area contributed by atoms with Gasteiger partial charge in [0.05, 0.1) is 5.56 Å². The molecule has 0 saturated heterocycles. The van der Waals surface area contributed by atoms with Crippen LogP contribution in [0.5, 0.6) is 0 Å². The highest BCUT2D eigenvalue weighted by Crippen LogP contribution is 2.30. The van der Waals surface area contributed by atoms with Crippen LogP contribution in [-0.4, -0.2) is 41.4 Å². The predicted octanol–water partition coefficient (Wildman–Crippen LogP) is 6.51. The summed E-state index contributed by atoms with van der Waals surface area (Å²) in [5.74, 6) is 0.775. The fourth-order valence-corrected chi connectivity index (χ4v) is 4.56. The first-order valence-electron chi connectivity index (χ1n) is 11.9. The summed E-state index contributed by atoms with van der Waals surface area (Å²) in [6, 6.07) is 5.29. The molecule has 1 unspecified atom stereocenters. The second kappa shape index (κ2) is 12.5. The Labute approximate surface area is 186 Å². The van der Waals surface area contributed by atoms with Gasteiger partial charge < -0.3 is 9.80 Å². The normalized spacial score (nSPS) is 16.1. The lowest BCUT2D eigenvalue weighted by Gasteiger charge is -2.31. The number of alkyl halides is 3. The predicted molar refractivity (Wildman–Crippen MR) is 120 cm³/mol. The van der Waals surface area contributed by atoms with Crippen LogP contribution in [0.4, 0.5) is 13.2 Å². The van der Waals surface area contributed by atoms with Crippen LogP contribution in [0.15, 0.2) is 24.3 Å². The number of hydrogen-bond donors (Lipinski definition) is 0. The number of carbonyl (C=O) groups is 1. The van der Waals surface area contributed by atoms with Gasteiger partial charge in [-0.05, 0) is 69.4 Å². The number of nitrogens with zero attached hydrogens (tertiary/aromatic N) is 2. The maximum atomic E-state index is 13.1. The zero-order valence-corrected chi connectivity index (χ0v) is 19.4. The van der Waals surface area contributed by atoms with E-state index in [9.17, 15) is 18.0 Å². The molecule has 0 N–H and O–H groups in total. The SMILES string of the molecule is CCN(CC)CCCC(C)N(Cc1ccc(C(F)(F)F)cc1)C(=O)CCC1CCCC1. The van der Waals surface area contributed by atoms with E-state index in [-0.39, 0.29) is 11.9 Å². The van der Waals surface area contributed by atoms with Crippen LogP contribution in [0.3, 0.4) is 0 Å². The third kappa shape index (κ3) is 8.47. The Hall–Kier alpha value is -1.56. The summed E-state index contributed by atoms with van der Waals surface area (Å²) in [5.41, 5.74) is 0.0976. The van der Waals surface area contributed by atoms with E-state index in [0.29, 0.717) is 18.9 Å². The van der Waals surface area contributed by atoms with Crippen molar-refractivity contribution >= 4 is 5.91 Å². The molecule has 0 aromatic heterocycles. The van der Waals surface area contributed by atoms with Gasteiger partial charge in [-0.1, -0.05) is 51.7 Å². The van der Waals surface area contributed by atoms with Crippen molar-refractivity contribution in [1.82, 2.24) is 9.80 Å². The van der Waals surface area contributed by atoms with Gasteiger partial charge in [0.2, 0.25) is 5.91 Å². The van der Waals surface area contributed by atoms with Crippen LogP contribution in [0, 0.1) is 5.92 Å². The molecule has 2 rings (SSSR count). The first-order valence-corrected chi connectivity index (χ1v) is 11.9. The molecule has 0 aliphatic heterocycles. The third-order valence-electron chi connectivity index (χ3n) is 6.72. The molecule has 6 heteroatoms. The number of halogens is 3. The van der Waals surface area contributed by atoms with E-state index in [1.807, 2.05) is 4.90 Å². The first-order chi connectivity index (χ1) is 14.7. The maximum Gasteiger partial charge on any atom is 0.416 e. The van der Waals surface area contributed by atoms with Gasteiger partial charge >= 0.3 is 6.18 Å². The van der Waals surface area contributed by atoms with E-state index < -0.39 is 11.7 Å². The van der Waals surface area contributed by atoms with E-state index in [0.717, 1.165) is 56.6 Å². The highest BCUT2D eigenvalue weighted by atomic mass is 19.4. The minimum atomic E-state index is -4.34. The molecular formula is C25H39F3N2O. The minimum absolute atomic E-state index is 0.0638. The molecule has 1 amide bonds. The Bertz CT molecular complexity index is 650. The molecule has 1 atom stereocenters. The van der Waals surface area contributed by atoms with Gasteiger partial charge in [-0.2, -0.15) is 13.2 Å². The van der Waals surface area contributed by atoms with Gasteiger partial charge in [0.1, 0.15) is 0 Å². The number of carbonyl (C=O) groups excluding carboxylic acids is 1. The lowest BCUT2D eigenvalue weighted by molar-refractivity contribution is -0.138. The maximum absolute atomic E-state index is 13.1. The minimum Gasteiger partial charge on any atom is -0.336 e. The standard InChI is InChI=1S/C25H39F3N2O/c1-4-29(5-2)18-8-9-20(3)30(24(31)17-14-21-10-6-7-11-21)19-22-12-15-23(16-13-22)25(26,27)28/h12-13,15-16,20-21H,4-11,14,17-19H2,1-3H3. The van der Waals surface area contributed by atoms with Crippen molar-refractivity contribution in [3.05, 3.63) is 35.4 Å².